The summed E-state index contributed by atoms with van der Waals surface area (Å²) in [4.78, 5) is 6.89. The molecule has 0 saturated carbocycles. The molecule has 1 unspecified atom stereocenters. The maximum absolute atomic E-state index is 6.28. The number of nitrogens with two attached hydrogens (primary N) is 1. The third kappa shape index (κ3) is 2.41. The maximum atomic E-state index is 6.28. The Labute approximate surface area is 122 Å². The monoisotopic (exact) mass is 293 g/mol. The van der Waals surface area contributed by atoms with Gasteiger partial charge in [0.15, 0.2) is 0 Å². The molecule has 0 amide bonds. The summed E-state index contributed by atoms with van der Waals surface area (Å²) in [5.74, 6) is 0. The number of benzene rings is 1. The number of rotatable bonds is 3. The van der Waals surface area contributed by atoms with Gasteiger partial charge in [-0.2, -0.15) is 0 Å². The lowest BCUT2D eigenvalue weighted by atomic mass is 10.1. The Morgan fingerprint density at radius 1 is 1.53 bits per heavy atom. The predicted molar refractivity (Wildman–Crippen MR) is 79.3 cm³/mol. The van der Waals surface area contributed by atoms with Crippen LogP contribution in [0.2, 0.25) is 5.02 Å². The summed E-state index contributed by atoms with van der Waals surface area (Å²) in [7, 11) is 0. The molecule has 19 heavy (non-hydrogen) atoms. The molecule has 2 aromatic rings. The Bertz CT molecular complexity index is 596. The van der Waals surface area contributed by atoms with Crippen molar-refractivity contribution in [3.05, 3.63) is 50.4 Å². The Morgan fingerprint density at radius 2 is 2.37 bits per heavy atom. The first-order valence-electron chi connectivity index (χ1n) is 6.31. The maximum Gasteiger partial charge on any atom is 0.107 e. The van der Waals surface area contributed by atoms with Crippen molar-refractivity contribution in [2.45, 2.75) is 26.1 Å². The number of aromatic nitrogens is 1. The first-order valence-corrected chi connectivity index (χ1v) is 7.57. The Kier molecular flexibility index (Phi) is 3.58. The molecule has 5 heteroatoms. The summed E-state index contributed by atoms with van der Waals surface area (Å²) in [5.41, 5.74) is 9.51. The van der Waals surface area contributed by atoms with E-state index < -0.39 is 0 Å². The minimum atomic E-state index is 0.248. The Hall–Kier alpha value is -0.940. The van der Waals surface area contributed by atoms with Crippen LogP contribution in [0.5, 0.6) is 0 Å². The second kappa shape index (κ2) is 5.21. The SMILES string of the molecule is Cc1csc(CN2Cc3c(Cl)cccc3C2CN)n1. The van der Waals surface area contributed by atoms with Gasteiger partial charge in [0.25, 0.3) is 0 Å². The average molecular weight is 294 g/mol. The summed E-state index contributed by atoms with van der Waals surface area (Å²) >= 11 is 7.99. The number of hydrogen-bond donors (Lipinski definition) is 1. The molecule has 0 spiro atoms. The number of hydrogen-bond acceptors (Lipinski definition) is 4. The lowest BCUT2D eigenvalue weighted by Gasteiger charge is -2.22. The second-order valence-electron chi connectivity index (χ2n) is 4.85. The van der Waals surface area contributed by atoms with Crippen molar-refractivity contribution in [1.82, 2.24) is 9.88 Å². The van der Waals surface area contributed by atoms with Crippen LogP contribution in [0.1, 0.15) is 27.9 Å². The highest BCUT2D eigenvalue weighted by molar-refractivity contribution is 7.09. The zero-order valence-electron chi connectivity index (χ0n) is 10.8. The van der Waals surface area contributed by atoms with E-state index in [1.807, 2.05) is 19.1 Å². The molecule has 1 aliphatic rings. The van der Waals surface area contributed by atoms with Crippen LogP contribution in [-0.4, -0.2) is 16.4 Å². The summed E-state index contributed by atoms with van der Waals surface area (Å²) in [6.45, 7) is 4.33. The van der Waals surface area contributed by atoms with Crippen molar-refractivity contribution in [3.63, 3.8) is 0 Å². The van der Waals surface area contributed by atoms with Crippen LogP contribution < -0.4 is 5.73 Å². The molecule has 1 aromatic carbocycles. The predicted octanol–water partition coefficient (Wildman–Crippen LogP) is 3.12. The third-order valence-corrected chi connectivity index (χ3v) is 4.85. The first-order chi connectivity index (χ1) is 9.19. The molecule has 0 radical (unpaired) electrons. The van der Waals surface area contributed by atoms with Gasteiger partial charge in [-0.3, -0.25) is 4.90 Å². The molecule has 100 valence electrons. The van der Waals surface area contributed by atoms with Gasteiger partial charge in [-0.1, -0.05) is 23.7 Å². The number of thiazole rings is 1. The van der Waals surface area contributed by atoms with E-state index in [1.165, 1.54) is 11.1 Å². The van der Waals surface area contributed by atoms with Crippen LogP contribution in [0, 0.1) is 6.92 Å². The molecule has 1 atom stereocenters. The normalized spacial score (nSPS) is 18.8. The van der Waals surface area contributed by atoms with Gasteiger partial charge >= 0.3 is 0 Å². The lowest BCUT2D eigenvalue weighted by Crippen LogP contribution is -2.27. The second-order valence-corrected chi connectivity index (χ2v) is 6.20. The quantitative estimate of drug-likeness (QED) is 0.945. The molecule has 3 rings (SSSR count). The fourth-order valence-electron chi connectivity index (χ4n) is 2.66. The summed E-state index contributed by atoms with van der Waals surface area (Å²) < 4.78 is 0. The molecule has 2 heterocycles. The minimum absolute atomic E-state index is 0.248. The van der Waals surface area contributed by atoms with Crippen LogP contribution in [0.3, 0.4) is 0 Å². The molecule has 1 aliphatic heterocycles. The van der Waals surface area contributed by atoms with Crippen LogP contribution in [0.25, 0.3) is 0 Å². The molecule has 0 aliphatic carbocycles. The molecule has 3 nitrogen and oxygen atoms in total. The standard InChI is InChI=1S/C14H16ClN3S/c1-9-8-19-14(17-9)7-18-6-11-10(13(18)5-16)3-2-4-12(11)15/h2-4,8,13H,5-7,16H2,1H3. The Morgan fingerprint density at radius 3 is 3.05 bits per heavy atom. The van der Waals surface area contributed by atoms with Gasteiger partial charge in [0.05, 0.1) is 6.54 Å². The molecule has 2 N–H and O–H groups in total. The van der Waals surface area contributed by atoms with Crippen LogP contribution in [0.4, 0.5) is 0 Å². The van der Waals surface area contributed by atoms with E-state index in [0.717, 1.165) is 28.8 Å². The van der Waals surface area contributed by atoms with Gasteiger partial charge in [0.1, 0.15) is 5.01 Å². The number of fused-ring (bicyclic) bond motifs is 1. The van der Waals surface area contributed by atoms with E-state index in [4.69, 9.17) is 17.3 Å². The molecular formula is C14H16ClN3S. The lowest BCUT2D eigenvalue weighted by molar-refractivity contribution is 0.210. The zero-order chi connectivity index (χ0) is 13.4. The highest BCUT2D eigenvalue weighted by Gasteiger charge is 2.30. The van der Waals surface area contributed by atoms with Gasteiger partial charge in [0, 0.05) is 35.2 Å². The molecular weight excluding hydrogens is 278 g/mol. The number of aryl methyl sites for hydroxylation is 1. The fourth-order valence-corrected chi connectivity index (χ4v) is 3.69. The zero-order valence-corrected chi connectivity index (χ0v) is 12.3. The van der Waals surface area contributed by atoms with E-state index >= 15 is 0 Å². The van der Waals surface area contributed by atoms with Crippen molar-refractivity contribution in [1.29, 1.82) is 0 Å². The van der Waals surface area contributed by atoms with Crippen LogP contribution in [0.15, 0.2) is 23.6 Å². The van der Waals surface area contributed by atoms with Crippen molar-refractivity contribution < 1.29 is 0 Å². The van der Waals surface area contributed by atoms with E-state index in [0.29, 0.717) is 6.54 Å². The van der Waals surface area contributed by atoms with E-state index in [-0.39, 0.29) is 6.04 Å². The number of halogens is 1. The van der Waals surface area contributed by atoms with Crippen molar-refractivity contribution >= 4 is 22.9 Å². The largest absolute Gasteiger partial charge is 0.329 e. The van der Waals surface area contributed by atoms with Gasteiger partial charge in [-0.15, -0.1) is 11.3 Å². The van der Waals surface area contributed by atoms with Crippen LogP contribution in [-0.2, 0) is 13.1 Å². The third-order valence-electron chi connectivity index (χ3n) is 3.54. The molecule has 1 aromatic heterocycles. The van der Waals surface area contributed by atoms with Crippen molar-refractivity contribution in [2.75, 3.05) is 6.54 Å². The highest BCUT2D eigenvalue weighted by Crippen LogP contribution is 2.37. The Balaban J connectivity index is 1.87. The number of nitrogens with zero attached hydrogens (tertiary/aromatic N) is 2. The smallest absolute Gasteiger partial charge is 0.107 e. The fraction of sp³-hybridized carbons (Fsp3) is 0.357. The highest BCUT2D eigenvalue weighted by atomic mass is 35.5. The van der Waals surface area contributed by atoms with Gasteiger partial charge < -0.3 is 5.73 Å². The van der Waals surface area contributed by atoms with E-state index in [9.17, 15) is 0 Å². The summed E-state index contributed by atoms with van der Waals surface area (Å²) in [5, 5.41) is 4.07. The minimum Gasteiger partial charge on any atom is -0.329 e. The molecule has 0 fully saturated rings. The first kappa shape index (κ1) is 13.1. The molecule has 0 bridgehead atoms. The van der Waals surface area contributed by atoms with Crippen LogP contribution >= 0.6 is 22.9 Å². The molecule has 0 saturated heterocycles. The summed E-state index contributed by atoms with van der Waals surface area (Å²) in [6, 6.07) is 6.33. The van der Waals surface area contributed by atoms with Gasteiger partial charge in [-0.05, 0) is 24.1 Å². The van der Waals surface area contributed by atoms with Gasteiger partial charge in [0.2, 0.25) is 0 Å². The van der Waals surface area contributed by atoms with Gasteiger partial charge in [-0.25, -0.2) is 4.98 Å². The summed E-state index contributed by atoms with van der Waals surface area (Å²) in [6.07, 6.45) is 0. The topological polar surface area (TPSA) is 42.1 Å². The van der Waals surface area contributed by atoms with E-state index in [1.54, 1.807) is 11.3 Å². The van der Waals surface area contributed by atoms with Crippen molar-refractivity contribution in [3.8, 4) is 0 Å². The van der Waals surface area contributed by atoms with E-state index in [2.05, 4.69) is 21.3 Å². The average Bonchev–Trinajstić information content (AvgIpc) is 2.94. The van der Waals surface area contributed by atoms with Crippen molar-refractivity contribution in [2.24, 2.45) is 5.73 Å².